The molecule has 0 unspecified atom stereocenters. The molecule has 0 radical (unpaired) electrons. The van der Waals surface area contributed by atoms with E-state index in [1.807, 2.05) is 24.4 Å². The lowest BCUT2D eigenvalue weighted by Crippen LogP contribution is -2.34. The summed E-state index contributed by atoms with van der Waals surface area (Å²) in [6.07, 6.45) is 3.82. The number of nitrogens with zero attached hydrogens (tertiary/aromatic N) is 3. The van der Waals surface area contributed by atoms with Gasteiger partial charge in [-0.25, -0.2) is 4.52 Å². The van der Waals surface area contributed by atoms with E-state index in [2.05, 4.69) is 5.10 Å². The van der Waals surface area contributed by atoms with Crippen LogP contribution in [-0.2, 0) is 16.0 Å². The van der Waals surface area contributed by atoms with E-state index >= 15 is 0 Å². The van der Waals surface area contributed by atoms with E-state index in [0.29, 0.717) is 19.5 Å². The van der Waals surface area contributed by atoms with Crippen molar-refractivity contribution in [1.82, 2.24) is 14.5 Å². The number of aliphatic hydroxyl groups is 1. The number of carbonyl (C=O) groups excluding carboxylic acids is 1. The van der Waals surface area contributed by atoms with Gasteiger partial charge in [-0.2, -0.15) is 5.10 Å². The zero-order valence-corrected chi connectivity index (χ0v) is 15.1. The van der Waals surface area contributed by atoms with Crippen LogP contribution in [0.2, 0.25) is 0 Å². The van der Waals surface area contributed by atoms with Crippen LogP contribution in [-0.4, -0.2) is 55.8 Å². The van der Waals surface area contributed by atoms with Gasteiger partial charge in [0.05, 0.1) is 18.0 Å². The number of pyridine rings is 1. The summed E-state index contributed by atoms with van der Waals surface area (Å²) >= 11 is 0. The quantitative estimate of drug-likeness (QED) is 0.817. The van der Waals surface area contributed by atoms with Gasteiger partial charge in [-0.3, -0.25) is 9.59 Å². The predicted molar refractivity (Wildman–Crippen MR) is 95.6 cm³/mol. The first-order chi connectivity index (χ1) is 12.2. The number of aliphatic hydroxyl groups excluding tert-OH is 1. The fourth-order valence-corrected chi connectivity index (χ4v) is 3.72. The molecule has 2 aromatic heterocycles. The number of carbonyl (C=O) groups is 2. The first kappa shape index (κ1) is 18.4. The average Bonchev–Trinajstić information content (AvgIpc) is 3.13. The Bertz CT molecular complexity index is 814. The molecular formula is C19H25N3O4. The van der Waals surface area contributed by atoms with Gasteiger partial charge in [0.1, 0.15) is 0 Å². The van der Waals surface area contributed by atoms with Crippen LogP contribution in [0.1, 0.15) is 32.3 Å². The normalized spacial score (nSPS) is 20.7. The highest BCUT2D eigenvalue weighted by Crippen LogP contribution is 2.29. The zero-order chi connectivity index (χ0) is 18.9. The molecule has 7 heteroatoms. The number of carboxylic acids is 1. The summed E-state index contributed by atoms with van der Waals surface area (Å²) in [6, 6.07) is 5.88. The molecule has 0 saturated carbocycles. The molecule has 3 rings (SSSR count). The highest BCUT2D eigenvalue weighted by atomic mass is 16.4. The predicted octanol–water partition coefficient (Wildman–Crippen LogP) is 1.59. The summed E-state index contributed by atoms with van der Waals surface area (Å²) in [4.78, 5) is 25.2. The van der Waals surface area contributed by atoms with Gasteiger partial charge < -0.3 is 15.1 Å². The highest BCUT2D eigenvalue weighted by molar-refractivity contribution is 5.78. The van der Waals surface area contributed by atoms with Crippen molar-refractivity contribution in [2.75, 3.05) is 13.1 Å². The number of β-amino-alcohol motifs (C(OH)–C–C–N with tert-alkyl or cyclic N) is 1. The molecule has 140 valence electrons. The summed E-state index contributed by atoms with van der Waals surface area (Å²) < 4.78 is 1.80. The van der Waals surface area contributed by atoms with Crippen LogP contribution in [0, 0.1) is 11.3 Å². The topological polar surface area (TPSA) is 95.1 Å². The van der Waals surface area contributed by atoms with Crippen molar-refractivity contribution in [3.63, 3.8) is 0 Å². The van der Waals surface area contributed by atoms with Crippen LogP contribution in [0.4, 0.5) is 0 Å². The molecule has 1 aliphatic heterocycles. The lowest BCUT2D eigenvalue weighted by Gasteiger charge is -2.25. The number of aliphatic carboxylic acids is 1. The number of hydrogen-bond donors (Lipinski definition) is 2. The largest absolute Gasteiger partial charge is 0.481 e. The van der Waals surface area contributed by atoms with Gasteiger partial charge in [-0.1, -0.05) is 19.9 Å². The first-order valence-corrected chi connectivity index (χ1v) is 8.84. The number of amides is 1. The molecule has 1 amide bonds. The summed E-state index contributed by atoms with van der Waals surface area (Å²) in [5, 5.41) is 23.6. The molecule has 3 heterocycles. The number of likely N-dealkylation sites (tertiary alicyclic amines) is 1. The van der Waals surface area contributed by atoms with Crippen LogP contribution >= 0.6 is 0 Å². The second kappa shape index (κ2) is 7.07. The Labute approximate surface area is 152 Å². The van der Waals surface area contributed by atoms with Crippen molar-refractivity contribution in [3.8, 4) is 0 Å². The molecule has 2 N–H and O–H groups in total. The fraction of sp³-hybridized carbons (Fsp3) is 0.526. The molecule has 1 saturated heterocycles. The molecule has 0 spiro atoms. The molecule has 1 aliphatic rings. The third kappa shape index (κ3) is 4.04. The van der Waals surface area contributed by atoms with Crippen molar-refractivity contribution >= 4 is 17.4 Å². The van der Waals surface area contributed by atoms with Crippen molar-refractivity contribution in [2.45, 2.75) is 39.2 Å². The van der Waals surface area contributed by atoms with Gasteiger partial charge in [0.2, 0.25) is 5.91 Å². The van der Waals surface area contributed by atoms with Crippen LogP contribution < -0.4 is 0 Å². The lowest BCUT2D eigenvalue weighted by molar-refractivity contribution is -0.140. The van der Waals surface area contributed by atoms with Crippen LogP contribution in [0.25, 0.3) is 5.52 Å². The van der Waals surface area contributed by atoms with Gasteiger partial charge in [0.15, 0.2) is 0 Å². The Hall–Kier alpha value is -2.41. The Morgan fingerprint density at radius 2 is 2.04 bits per heavy atom. The molecule has 1 fully saturated rings. The maximum atomic E-state index is 12.6. The summed E-state index contributed by atoms with van der Waals surface area (Å²) in [5.41, 5.74) is 1.50. The summed E-state index contributed by atoms with van der Waals surface area (Å²) in [7, 11) is 0. The van der Waals surface area contributed by atoms with E-state index in [1.54, 1.807) is 29.5 Å². The second-order valence-electron chi connectivity index (χ2n) is 7.94. The Morgan fingerprint density at radius 1 is 1.27 bits per heavy atom. The van der Waals surface area contributed by atoms with Gasteiger partial charge in [-0.05, 0) is 29.5 Å². The molecule has 26 heavy (non-hydrogen) atoms. The van der Waals surface area contributed by atoms with Crippen molar-refractivity contribution in [2.24, 2.45) is 11.3 Å². The smallest absolute Gasteiger partial charge is 0.303 e. The molecule has 0 aliphatic carbocycles. The number of hydrogen-bond acceptors (Lipinski definition) is 4. The zero-order valence-electron chi connectivity index (χ0n) is 15.1. The van der Waals surface area contributed by atoms with Crippen molar-refractivity contribution in [3.05, 3.63) is 36.2 Å². The minimum absolute atomic E-state index is 0.0392. The molecular weight excluding hydrogens is 334 g/mol. The lowest BCUT2D eigenvalue weighted by atomic mass is 9.85. The maximum Gasteiger partial charge on any atom is 0.303 e. The van der Waals surface area contributed by atoms with Crippen LogP contribution in [0.5, 0.6) is 0 Å². The molecule has 7 nitrogen and oxygen atoms in total. The SMILES string of the molecule is CC(C)(CC(=O)O)CC(=O)N1C[C@H](Cc2cccn3nccc23)[C@H](O)C1. The maximum absolute atomic E-state index is 12.6. The van der Waals surface area contributed by atoms with E-state index in [1.165, 1.54) is 0 Å². The first-order valence-electron chi connectivity index (χ1n) is 8.84. The number of aromatic nitrogens is 2. The molecule has 2 aromatic rings. The van der Waals surface area contributed by atoms with Gasteiger partial charge in [-0.15, -0.1) is 0 Å². The monoisotopic (exact) mass is 359 g/mol. The van der Waals surface area contributed by atoms with Crippen LogP contribution in [0.15, 0.2) is 30.6 Å². The van der Waals surface area contributed by atoms with Gasteiger partial charge in [0.25, 0.3) is 0 Å². The molecule has 0 bridgehead atoms. The van der Waals surface area contributed by atoms with E-state index in [0.717, 1.165) is 11.1 Å². The molecule has 2 atom stereocenters. The number of fused-ring (bicyclic) bond motifs is 1. The van der Waals surface area contributed by atoms with E-state index in [9.17, 15) is 14.7 Å². The van der Waals surface area contributed by atoms with Crippen molar-refractivity contribution in [1.29, 1.82) is 0 Å². The summed E-state index contributed by atoms with van der Waals surface area (Å²) in [5.74, 6) is -1.04. The van der Waals surface area contributed by atoms with E-state index in [-0.39, 0.29) is 24.7 Å². The second-order valence-corrected chi connectivity index (χ2v) is 7.94. The van der Waals surface area contributed by atoms with Gasteiger partial charge >= 0.3 is 5.97 Å². The van der Waals surface area contributed by atoms with Crippen LogP contribution in [0.3, 0.4) is 0 Å². The van der Waals surface area contributed by atoms with Crippen molar-refractivity contribution < 1.29 is 19.8 Å². The van der Waals surface area contributed by atoms with E-state index in [4.69, 9.17) is 5.11 Å². The number of rotatable bonds is 6. The standard InChI is InChI=1S/C19H25N3O4/c1-19(2,10-18(25)26)9-17(24)21-11-14(16(23)12-21)8-13-4-3-7-22-15(13)5-6-20-22/h3-7,14,16,23H,8-12H2,1-2H3,(H,25,26)/t14-,16+/m0/s1. The minimum atomic E-state index is -0.906. The summed E-state index contributed by atoms with van der Waals surface area (Å²) in [6.45, 7) is 4.35. The third-order valence-electron chi connectivity index (χ3n) is 5.02. The van der Waals surface area contributed by atoms with Gasteiger partial charge in [0, 0.05) is 37.8 Å². The number of carboxylic acid groups (broad SMARTS) is 1. The highest BCUT2D eigenvalue weighted by Gasteiger charge is 2.36. The minimum Gasteiger partial charge on any atom is -0.481 e. The van der Waals surface area contributed by atoms with E-state index < -0.39 is 17.5 Å². The Morgan fingerprint density at radius 3 is 2.77 bits per heavy atom. The fourth-order valence-electron chi connectivity index (χ4n) is 3.72. The molecule has 0 aromatic carbocycles. The Kier molecular flexibility index (Phi) is 5.00. The average molecular weight is 359 g/mol. The Balaban J connectivity index is 1.65. The third-order valence-corrected chi connectivity index (χ3v) is 5.02.